The Kier molecular flexibility index (Phi) is 4.99. The van der Waals surface area contributed by atoms with Gasteiger partial charge in [0.1, 0.15) is 0 Å². The summed E-state index contributed by atoms with van der Waals surface area (Å²) in [4.78, 5) is 10.7. The van der Waals surface area contributed by atoms with Crippen molar-refractivity contribution in [3.8, 4) is 0 Å². The van der Waals surface area contributed by atoms with Crippen molar-refractivity contribution in [1.29, 1.82) is 0 Å². The van der Waals surface area contributed by atoms with Gasteiger partial charge >= 0.3 is 5.97 Å². The molecule has 1 aromatic rings. The molecule has 1 rings (SSSR count). The number of hydrogen-bond donors (Lipinski definition) is 3. The third-order valence-electron chi connectivity index (χ3n) is 2.64. The fourth-order valence-corrected chi connectivity index (χ4v) is 1.96. The van der Waals surface area contributed by atoms with E-state index in [0.29, 0.717) is 10.0 Å². The fraction of sp³-hybridized carbons (Fsp3) is 0.417. The molecule has 0 aliphatic heterocycles. The first-order valence-corrected chi connectivity index (χ1v) is 6.14. The average Bonchev–Trinajstić information content (AvgIpc) is 2.25. The van der Waals surface area contributed by atoms with Crippen molar-refractivity contribution in [2.75, 3.05) is 6.54 Å². The van der Waals surface area contributed by atoms with Gasteiger partial charge < -0.3 is 15.5 Å². The van der Waals surface area contributed by atoms with E-state index in [0.717, 1.165) is 5.56 Å². The summed E-state index contributed by atoms with van der Waals surface area (Å²) in [6.07, 6.45) is 0. The van der Waals surface area contributed by atoms with Crippen molar-refractivity contribution >= 4 is 29.2 Å². The van der Waals surface area contributed by atoms with Gasteiger partial charge in [-0.1, -0.05) is 29.3 Å². The van der Waals surface area contributed by atoms with Crippen LogP contribution in [-0.2, 0) is 4.79 Å². The van der Waals surface area contributed by atoms with Crippen LogP contribution in [0.4, 0.5) is 0 Å². The summed E-state index contributed by atoms with van der Waals surface area (Å²) in [6.45, 7) is 2.98. The van der Waals surface area contributed by atoms with E-state index in [-0.39, 0.29) is 12.6 Å². The number of benzene rings is 1. The van der Waals surface area contributed by atoms with E-state index in [2.05, 4.69) is 5.32 Å². The lowest BCUT2D eigenvalue weighted by Crippen LogP contribution is -2.45. The highest BCUT2D eigenvalue weighted by Gasteiger charge is 2.30. The lowest BCUT2D eigenvalue weighted by molar-refractivity contribution is -0.156. The monoisotopic (exact) mass is 291 g/mol. The Morgan fingerprint density at radius 2 is 2.11 bits per heavy atom. The van der Waals surface area contributed by atoms with Gasteiger partial charge in [0.05, 0.1) is 0 Å². The summed E-state index contributed by atoms with van der Waals surface area (Å²) in [5.41, 5.74) is -1.02. The van der Waals surface area contributed by atoms with Gasteiger partial charge in [0, 0.05) is 22.6 Å². The Bertz CT molecular complexity index is 449. The van der Waals surface area contributed by atoms with Crippen LogP contribution in [0.3, 0.4) is 0 Å². The lowest BCUT2D eigenvalue weighted by Gasteiger charge is -2.22. The quantitative estimate of drug-likeness (QED) is 0.780. The average molecular weight is 292 g/mol. The molecule has 0 amide bonds. The number of rotatable bonds is 5. The number of aliphatic carboxylic acids is 1. The van der Waals surface area contributed by atoms with Crippen molar-refractivity contribution in [2.45, 2.75) is 25.5 Å². The first kappa shape index (κ1) is 15.2. The SMILES string of the molecule is CC(NCC(C)(O)C(=O)O)c1ccc(Cl)cc1Cl. The van der Waals surface area contributed by atoms with Gasteiger partial charge in [-0.15, -0.1) is 0 Å². The zero-order chi connectivity index (χ0) is 13.9. The first-order chi connectivity index (χ1) is 8.24. The Morgan fingerprint density at radius 3 is 2.61 bits per heavy atom. The minimum absolute atomic E-state index is 0.0809. The normalized spacial score (nSPS) is 16.1. The molecule has 2 unspecified atom stereocenters. The Balaban J connectivity index is 2.71. The minimum Gasteiger partial charge on any atom is -0.479 e. The number of nitrogens with one attached hydrogen (secondary N) is 1. The Hall–Kier alpha value is -0.810. The van der Waals surface area contributed by atoms with E-state index in [1.165, 1.54) is 6.92 Å². The van der Waals surface area contributed by atoms with Crippen LogP contribution in [0, 0.1) is 0 Å². The molecule has 0 aliphatic rings. The third kappa shape index (κ3) is 3.85. The predicted molar refractivity (Wildman–Crippen MR) is 71.1 cm³/mol. The van der Waals surface area contributed by atoms with E-state index in [4.69, 9.17) is 28.3 Å². The van der Waals surface area contributed by atoms with Crippen LogP contribution in [0.25, 0.3) is 0 Å². The van der Waals surface area contributed by atoms with Gasteiger partial charge in [0.15, 0.2) is 5.60 Å². The maximum Gasteiger partial charge on any atom is 0.336 e. The molecule has 0 saturated carbocycles. The fourth-order valence-electron chi connectivity index (χ4n) is 1.39. The van der Waals surface area contributed by atoms with Crippen LogP contribution < -0.4 is 5.32 Å². The van der Waals surface area contributed by atoms with Gasteiger partial charge in [-0.2, -0.15) is 0 Å². The van der Waals surface area contributed by atoms with E-state index in [9.17, 15) is 9.90 Å². The number of aliphatic hydroxyl groups is 1. The van der Waals surface area contributed by atoms with Crippen molar-refractivity contribution in [2.24, 2.45) is 0 Å². The van der Waals surface area contributed by atoms with Crippen LogP contribution in [0.15, 0.2) is 18.2 Å². The van der Waals surface area contributed by atoms with Crippen molar-refractivity contribution in [3.63, 3.8) is 0 Å². The zero-order valence-electron chi connectivity index (χ0n) is 10.1. The van der Waals surface area contributed by atoms with Gasteiger partial charge in [-0.3, -0.25) is 0 Å². The summed E-state index contributed by atoms with van der Waals surface area (Å²) in [6, 6.07) is 4.89. The van der Waals surface area contributed by atoms with Gasteiger partial charge in [-0.05, 0) is 31.5 Å². The first-order valence-electron chi connectivity index (χ1n) is 5.38. The second-order valence-electron chi connectivity index (χ2n) is 4.35. The molecule has 0 saturated heterocycles. The largest absolute Gasteiger partial charge is 0.479 e. The minimum atomic E-state index is -1.81. The number of carboxylic acid groups (broad SMARTS) is 1. The molecule has 0 spiro atoms. The van der Waals surface area contributed by atoms with Gasteiger partial charge in [-0.25, -0.2) is 4.79 Å². The summed E-state index contributed by atoms with van der Waals surface area (Å²) in [5, 5.41) is 22.3. The van der Waals surface area contributed by atoms with Crippen LogP contribution in [0.1, 0.15) is 25.5 Å². The Morgan fingerprint density at radius 1 is 1.50 bits per heavy atom. The highest BCUT2D eigenvalue weighted by molar-refractivity contribution is 6.35. The van der Waals surface area contributed by atoms with Crippen molar-refractivity contribution in [3.05, 3.63) is 33.8 Å². The molecule has 1 aromatic carbocycles. The van der Waals surface area contributed by atoms with Crippen molar-refractivity contribution < 1.29 is 15.0 Å². The van der Waals surface area contributed by atoms with Crippen LogP contribution in [0.2, 0.25) is 10.0 Å². The molecular weight excluding hydrogens is 277 g/mol. The molecule has 0 aromatic heterocycles. The van der Waals surface area contributed by atoms with E-state index >= 15 is 0 Å². The molecule has 0 aliphatic carbocycles. The van der Waals surface area contributed by atoms with Gasteiger partial charge in [0.2, 0.25) is 0 Å². The summed E-state index contributed by atoms with van der Waals surface area (Å²) in [5.74, 6) is -1.27. The molecule has 3 N–H and O–H groups in total. The topological polar surface area (TPSA) is 69.6 Å². The molecule has 6 heteroatoms. The highest BCUT2D eigenvalue weighted by atomic mass is 35.5. The third-order valence-corrected chi connectivity index (χ3v) is 3.20. The van der Waals surface area contributed by atoms with Crippen molar-refractivity contribution in [1.82, 2.24) is 5.32 Å². The number of carboxylic acids is 1. The van der Waals surface area contributed by atoms with Crippen LogP contribution >= 0.6 is 23.2 Å². The summed E-state index contributed by atoms with van der Waals surface area (Å²) in [7, 11) is 0. The molecule has 0 heterocycles. The second-order valence-corrected chi connectivity index (χ2v) is 5.19. The molecule has 0 fully saturated rings. The maximum atomic E-state index is 10.7. The molecule has 18 heavy (non-hydrogen) atoms. The summed E-state index contributed by atoms with van der Waals surface area (Å²) >= 11 is 11.8. The summed E-state index contributed by atoms with van der Waals surface area (Å²) < 4.78 is 0. The maximum absolute atomic E-state index is 10.7. The number of hydrogen-bond acceptors (Lipinski definition) is 3. The smallest absolute Gasteiger partial charge is 0.336 e. The molecule has 100 valence electrons. The highest BCUT2D eigenvalue weighted by Crippen LogP contribution is 2.26. The van der Waals surface area contributed by atoms with E-state index in [1.807, 2.05) is 6.92 Å². The van der Waals surface area contributed by atoms with Crippen LogP contribution in [-0.4, -0.2) is 28.3 Å². The number of halogens is 2. The lowest BCUT2D eigenvalue weighted by atomic mass is 10.0. The molecule has 0 radical (unpaired) electrons. The predicted octanol–water partition coefficient (Wildman–Crippen LogP) is 2.48. The molecule has 0 bridgehead atoms. The second kappa shape index (κ2) is 5.89. The number of carbonyl (C=O) groups is 1. The van der Waals surface area contributed by atoms with Crippen LogP contribution in [0.5, 0.6) is 0 Å². The van der Waals surface area contributed by atoms with E-state index in [1.54, 1.807) is 18.2 Å². The van der Waals surface area contributed by atoms with E-state index < -0.39 is 11.6 Å². The Labute approximate surface area is 116 Å². The molecule has 2 atom stereocenters. The molecule has 4 nitrogen and oxygen atoms in total. The standard InChI is InChI=1S/C12H15Cl2NO3/c1-7(15-6-12(2,18)11(16)17)9-4-3-8(13)5-10(9)14/h3-5,7,15,18H,6H2,1-2H3,(H,16,17). The van der Waals surface area contributed by atoms with Gasteiger partial charge in [0.25, 0.3) is 0 Å². The molecular formula is C12H15Cl2NO3. The zero-order valence-corrected chi connectivity index (χ0v) is 11.6.